The second-order valence-electron chi connectivity index (χ2n) is 6.86. The zero-order valence-corrected chi connectivity index (χ0v) is 15.0. The van der Waals surface area contributed by atoms with Crippen LogP contribution in [0.1, 0.15) is 42.9 Å². The Labute approximate surface area is 149 Å². The largest absolute Gasteiger partial charge is 0.356 e. The van der Waals surface area contributed by atoms with Crippen LogP contribution in [0.5, 0.6) is 0 Å². The van der Waals surface area contributed by atoms with E-state index in [9.17, 15) is 9.59 Å². The summed E-state index contributed by atoms with van der Waals surface area (Å²) in [4.78, 5) is 26.5. The fourth-order valence-electron chi connectivity index (χ4n) is 3.59. The van der Waals surface area contributed by atoms with Gasteiger partial charge in [-0.25, -0.2) is 0 Å². The van der Waals surface area contributed by atoms with Crippen molar-refractivity contribution in [2.75, 3.05) is 20.2 Å². The zero-order valence-electron chi connectivity index (χ0n) is 15.0. The minimum absolute atomic E-state index is 0.0559. The van der Waals surface area contributed by atoms with Gasteiger partial charge in [-0.15, -0.1) is 0 Å². The standard InChI is InChI=1S/C20H26N2O3/c1-14-8-6-7-11-16(14)18-19(25-13-17(23)22(18)2)20(24)21-12-15-9-4-3-5-10-15/h6-9,11,18-19H,3-5,10,12-13H2,1-2H3,(H,21,24)/t18-,19+/m1/s1. The predicted molar refractivity (Wildman–Crippen MR) is 96.0 cm³/mol. The summed E-state index contributed by atoms with van der Waals surface area (Å²) in [5.41, 5.74) is 3.29. The average molecular weight is 342 g/mol. The number of nitrogens with zero attached hydrogens (tertiary/aromatic N) is 1. The molecule has 134 valence electrons. The summed E-state index contributed by atoms with van der Waals surface area (Å²) in [6, 6.07) is 7.43. The van der Waals surface area contributed by atoms with Crippen molar-refractivity contribution in [1.29, 1.82) is 0 Å². The lowest BCUT2D eigenvalue weighted by Gasteiger charge is -2.39. The van der Waals surface area contributed by atoms with E-state index in [0.717, 1.165) is 24.0 Å². The number of carbonyl (C=O) groups excluding carboxylic acids is 2. The SMILES string of the molecule is Cc1ccccc1[C@@H]1[C@@H](C(=O)NCC2=CCCCC2)OCC(=O)N1C. The smallest absolute Gasteiger partial charge is 0.251 e. The van der Waals surface area contributed by atoms with Crippen molar-refractivity contribution in [1.82, 2.24) is 10.2 Å². The summed E-state index contributed by atoms with van der Waals surface area (Å²) >= 11 is 0. The van der Waals surface area contributed by atoms with E-state index in [1.165, 1.54) is 18.4 Å². The van der Waals surface area contributed by atoms with Gasteiger partial charge in [0.25, 0.3) is 5.91 Å². The first-order valence-electron chi connectivity index (χ1n) is 8.96. The first-order valence-corrected chi connectivity index (χ1v) is 8.96. The Morgan fingerprint density at radius 2 is 2.12 bits per heavy atom. The number of allylic oxidation sites excluding steroid dienone is 1. The van der Waals surface area contributed by atoms with Crippen LogP contribution in [-0.2, 0) is 14.3 Å². The fourth-order valence-corrected chi connectivity index (χ4v) is 3.59. The monoisotopic (exact) mass is 342 g/mol. The van der Waals surface area contributed by atoms with Gasteiger partial charge in [-0.05, 0) is 43.7 Å². The molecular weight excluding hydrogens is 316 g/mol. The van der Waals surface area contributed by atoms with Gasteiger partial charge in [0.1, 0.15) is 6.61 Å². The molecule has 1 fully saturated rings. The normalized spacial score (nSPS) is 24.0. The summed E-state index contributed by atoms with van der Waals surface area (Å²) in [6.45, 7) is 2.50. The van der Waals surface area contributed by atoms with Crippen LogP contribution in [0.2, 0.25) is 0 Å². The van der Waals surface area contributed by atoms with Gasteiger partial charge in [0.2, 0.25) is 5.91 Å². The van der Waals surface area contributed by atoms with E-state index in [1.54, 1.807) is 11.9 Å². The second kappa shape index (κ2) is 7.83. The van der Waals surface area contributed by atoms with Crippen LogP contribution in [-0.4, -0.2) is 43.0 Å². The van der Waals surface area contributed by atoms with Crippen LogP contribution >= 0.6 is 0 Å². The van der Waals surface area contributed by atoms with E-state index < -0.39 is 12.1 Å². The maximum absolute atomic E-state index is 12.8. The van der Waals surface area contributed by atoms with Crippen molar-refractivity contribution < 1.29 is 14.3 Å². The Bertz CT molecular complexity index is 683. The molecule has 0 spiro atoms. The Morgan fingerprint density at radius 1 is 1.32 bits per heavy atom. The van der Waals surface area contributed by atoms with Crippen LogP contribution in [0.15, 0.2) is 35.9 Å². The van der Waals surface area contributed by atoms with Crippen molar-refractivity contribution in [2.45, 2.75) is 44.8 Å². The van der Waals surface area contributed by atoms with Crippen LogP contribution < -0.4 is 5.32 Å². The summed E-state index contributed by atoms with van der Waals surface area (Å²) in [7, 11) is 1.74. The minimum Gasteiger partial charge on any atom is -0.356 e. The fraction of sp³-hybridized carbons (Fsp3) is 0.500. The molecule has 0 bridgehead atoms. The van der Waals surface area contributed by atoms with Crippen molar-refractivity contribution in [3.05, 3.63) is 47.0 Å². The van der Waals surface area contributed by atoms with E-state index in [2.05, 4.69) is 11.4 Å². The molecule has 1 saturated heterocycles. The Balaban J connectivity index is 1.77. The molecule has 1 aromatic rings. The maximum Gasteiger partial charge on any atom is 0.251 e. The van der Waals surface area contributed by atoms with E-state index in [4.69, 9.17) is 4.74 Å². The number of carbonyl (C=O) groups is 2. The molecule has 1 aromatic carbocycles. The quantitative estimate of drug-likeness (QED) is 0.856. The van der Waals surface area contributed by atoms with E-state index in [1.807, 2.05) is 31.2 Å². The highest BCUT2D eigenvalue weighted by atomic mass is 16.5. The molecule has 1 heterocycles. The highest BCUT2D eigenvalue weighted by molar-refractivity contribution is 5.86. The number of likely N-dealkylation sites (N-methyl/N-ethyl adjacent to an activating group) is 1. The average Bonchev–Trinajstić information content (AvgIpc) is 2.63. The number of amides is 2. The van der Waals surface area contributed by atoms with Crippen molar-refractivity contribution in [3.63, 3.8) is 0 Å². The Morgan fingerprint density at radius 3 is 2.84 bits per heavy atom. The van der Waals surface area contributed by atoms with E-state index in [0.29, 0.717) is 6.54 Å². The summed E-state index contributed by atoms with van der Waals surface area (Å²) in [5.74, 6) is -0.258. The van der Waals surface area contributed by atoms with Gasteiger partial charge in [0, 0.05) is 13.6 Å². The third-order valence-electron chi connectivity index (χ3n) is 5.12. The zero-order chi connectivity index (χ0) is 17.8. The molecule has 2 atom stereocenters. The van der Waals surface area contributed by atoms with Crippen LogP contribution in [0.3, 0.4) is 0 Å². The topological polar surface area (TPSA) is 58.6 Å². The van der Waals surface area contributed by atoms with Gasteiger partial charge in [-0.2, -0.15) is 0 Å². The Hall–Kier alpha value is -2.14. The molecule has 5 heteroatoms. The number of aryl methyl sites for hydroxylation is 1. The van der Waals surface area contributed by atoms with Gasteiger partial charge >= 0.3 is 0 Å². The lowest BCUT2D eigenvalue weighted by molar-refractivity contribution is -0.162. The van der Waals surface area contributed by atoms with Crippen molar-refractivity contribution >= 4 is 11.8 Å². The lowest BCUT2D eigenvalue weighted by atomic mass is 9.93. The molecule has 1 aliphatic carbocycles. The molecule has 0 saturated carbocycles. The molecule has 2 amide bonds. The lowest BCUT2D eigenvalue weighted by Crippen LogP contribution is -2.53. The number of benzene rings is 1. The van der Waals surface area contributed by atoms with Gasteiger partial charge in [-0.3, -0.25) is 9.59 Å². The third kappa shape index (κ3) is 3.93. The molecule has 2 aliphatic rings. The molecule has 0 aromatic heterocycles. The number of hydrogen-bond donors (Lipinski definition) is 1. The summed E-state index contributed by atoms with van der Waals surface area (Å²) < 4.78 is 5.66. The second-order valence-corrected chi connectivity index (χ2v) is 6.86. The predicted octanol–water partition coefficient (Wildman–Crippen LogP) is 2.51. The maximum atomic E-state index is 12.8. The molecule has 0 radical (unpaired) electrons. The molecular formula is C20H26N2O3. The highest BCUT2D eigenvalue weighted by Gasteiger charge is 2.40. The van der Waals surface area contributed by atoms with E-state index >= 15 is 0 Å². The van der Waals surface area contributed by atoms with Crippen LogP contribution in [0.25, 0.3) is 0 Å². The summed E-state index contributed by atoms with van der Waals surface area (Å²) in [5, 5.41) is 3.01. The van der Waals surface area contributed by atoms with Gasteiger partial charge in [0.05, 0.1) is 6.04 Å². The first-order chi connectivity index (χ1) is 12.1. The molecule has 3 rings (SSSR count). The number of morpholine rings is 1. The molecule has 5 nitrogen and oxygen atoms in total. The first kappa shape index (κ1) is 17.7. The van der Waals surface area contributed by atoms with Crippen LogP contribution in [0.4, 0.5) is 0 Å². The number of nitrogens with one attached hydrogen (secondary N) is 1. The Kier molecular flexibility index (Phi) is 5.53. The van der Waals surface area contributed by atoms with Crippen molar-refractivity contribution in [2.24, 2.45) is 0 Å². The molecule has 1 aliphatic heterocycles. The van der Waals surface area contributed by atoms with E-state index in [-0.39, 0.29) is 18.4 Å². The van der Waals surface area contributed by atoms with Gasteiger partial charge < -0.3 is 15.0 Å². The molecule has 0 unspecified atom stereocenters. The summed E-state index contributed by atoms with van der Waals surface area (Å²) in [6.07, 6.45) is 6.09. The highest BCUT2D eigenvalue weighted by Crippen LogP contribution is 2.31. The molecule has 1 N–H and O–H groups in total. The number of ether oxygens (including phenoxy) is 1. The van der Waals surface area contributed by atoms with Gasteiger partial charge in [-0.1, -0.05) is 35.9 Å². The van der Waals surface area contributed by atoms with Gasteiger partial charge in [0.15, 0.2) is 6.10 Å². The molecule has 25 heavy (non-hydrogen) atoms. The number of hydrogen-bond acceptors (Lipinski definition) is 3. The van der Waals surface area contributed by atoms with Crippen molar-refractivity contribution in [3.8, 4) is 0 Å². The minimum atomic E-state index is -0.687. The number of rotatable bonds is 4. The van der Waals surface area contributed by atoms with Crippen LogP contribution in [0, 0.1) is 6.92 Å². The third-order valence-corrected chi connectivity index (χ3v) is 5.12.